The molecule has 2 aromatic heterocycles. The number of thiophene rings is 1. The van der Waals surface area contributed by atoms with Gasteiger partial charge in [-0.25, -0.2) is 18.1 Å². The number of aromatic nitrogens is 1. The summed E-state index contributed by atoms with van der Waals surface area (Å²) in [6.45, 7) is 0.290. The first-order valence-electron chi connectivity index (χ1n) is 6.23. The average molecular weight is 319 g/mol. The van der Waals surface area contributed by atoms with Crippen molar-refractivity contribution in [2.75, 3.05) is 5.73 Å². The van der Waals surface area contributed by atoms with Gasteiger partial charge in [-0.15, -0.1) is 11.3 Å². The van der Waals surface area contributed by atoms with Crippen LogP contribution in [0.3, 0.4) is 0 Å². The summed E-state index contributed by atoms with van der Waals surface area (Å²) in [7, 11) is -3.54. The minimum atomic E-state index is -3.54. The molecule has 21 heavy (non-hydrogen) atoms. The van der Waals surface area contributed by atoms with Gasteiger partial charge in [0.2, 0.25) is 10.0 Å². The molecule has 0 fully saturated rings. The Bertz CT molecular complexity index is 874. The molecule has 5 nitrogen and oxygen atoms in total. The van der Waals surface area contributed by atoms with Gasteiger partial charge >= 0.3 is 0 Å². The van der Waals surface area contributed by atoms with Crippen LogP contribution in [-0.2, 0) is 16.6 Å². The van der Waals surface area contributed by atoms with Crippen LogP contribution in [0, 0.1) is 0 Å². The van der Waals surface area contributed by atoms with Gasteiger partial charge in [0, 0.05) is 16.8 Å². The van der Waals surface area contributed by atoms with Gasteiger partial charge in [-0.2, -0.15) is 0 Å². The zero-order valence-electron chi connectivity index (χ0n) is 11.0. The molecular weight excluding hydrogens is 306 g/mol. The lowest BCUT2D eigenvalue weighted by Gasteiger charge is -2.07. The molecule has 0 saturated heterocycles. The molecule has 7 heteroatoms. The van der Waals surface area contributed by atoms with Crippen LogP contribution in [0.15, 0.2) is 52.7 Å². The van der Waals surface area contributed by atoms with E-state index in [4.69, 9.17) is 5.73 Å². The maximum Gasteiger partial charge on any atom is 0.240 e. The summed E-state index contributed by atoms with van der Waals surface area (Å²) in [4.78, 5) is 5.34. The van der Waals surface area contributed by atoms with Crippen molar-refractivity contribution in [2.24, 2.45) is 0 Å². The third-order valence-electron chi connectivity index (χ3n) is 3.01. The van der Waals surface area contributed by atoms with E-state index in [-0.39, 0.29) is 11.4 Å². The second kappa shape index (κ2) is 5.44. The standard InChI is InChI=1S/C14H13N3O2S2/c15-14-6-3-10-8-12(4-5-13(10)17-14)21(18,19)16-9-11-2-1-7-20-11/h1-8,16H,9H2,(H2,15,17). The van der Waals surface area contributed by atoms with Gasteiger partial charge in [-0.1, -0.05) is 6.07 Å². The summed E-state index contributed by atoms with van der Waals surface area (Å²) < 4.78 is 27.2. The van der Waals surface area contributed by atoms with Crippen LogP contribution in [0.2, 0.25) is 0 Å². The molecule has 1 aromatic carbocycles. The molecule has 0 amide bonds. The van der Waals surface area contributed by atoms with Crippen LogP contribution in [-0.4, -0.2) is 13.4 Å². The molecule has 0 aliphatic carbocycles. The zero-order chi connectivity index (χ0) is 14.9. The Morgan fingerprint density at radius 2 is 2.05 bits per heavy atom. The topological polar surface area (TPSA) is 85.1 Å². The molecule has 0 unspecified atom stereocenters. The monoisotopic (exact) mass is 319 g/mol. The Balaban J connectivity index is 1.89. The van der Waals surface area contributed by atoms with E-state index < -0.39 is 10.0 Å². The molecular formula is C14H13N3O2S2. The van der Waals surface area contributed by atoms with Gasteiger partial charge in [0.05, 0.1) is 10.4 Å². The maximum atomic E-state index is 12.3. The van der Waals surface area contributed by atoms with Gasteiger partial charge in [-0.3, -0.25) is 0 Å². The van der Waals surface area contributed by atoms with Crippen LogP contribution in [0.5, 0.6) is 0 Å². The number of anilines is 1. The van der Waals surface area contributed by atoms with E-state index in [0.717, 1.165) is 10.3 Å². The van der Waals surface area contributed by atoms with E-state index in [2.05, 4.69) is 9.71 Å². The fourth-order valence-electron chi connectivity index (χ4n) is 1.95. The van der Waals surface area contributed by atoms with Crippen LogP contribution in [0.25, 0.3) is 10.9 Å². The molecule has 3 aromatic rings. The van der Waals surface area contributed by atoms with Crippen molar-refractivity contribution in [3.05, 3.63) is 52.7 Å². The number of hydrogen-bond acceptors (Lipinski definition) is 5. The minimum Gasteiger partial charge on any atom is -0.384 e. The smallest absolute Gasteiger partial charge is 0.240 e. The highest BCUT2D eigenvalue weighted by atomic mass is 32.2. The highest BCUT2D eigenvalue weighted by Gasteiger charge is 2.14. The summed E-state index contributed by atoms with van der Waals surface area (Å²) in [5, 5.41) is 2.65. The number of nitrogens with one attached hydrogen (secondary N) is 1. The fraction of sp³-hybridized carbons (Fsp3) is 0.0714. The van der Waals surface area contributed by atoms with Crippen LogP contribution in [0.1, 0.15) is 4.88 Å². The Morgan fingerprint density at radius 1 is 1.19 bits per heavy atom. The number of hydrogen-bond donors (Lipinski definition) is 2. The lowest BCUT2D eigenvalue weighted by Crippen LogP contribution is -2.22. The molecule has 0 saturated carbocycles. The minimum absolute atomic E-state index is 0.220. The predicted octanol–water partition coefficient (Wildman–Crippen LogP) is 2.36. The molecule has 0 bridgehead atoms. The summed E-state index contributed by atoms with van der Waals surface area (Å²) in [5.74, 6) is 0.411. The molecule has 0 spiro atoms. The first-order valence-corrected chi connectivity index (χ1v) is 8.59. The summed E-state index contributed by atoms with van der Waals surface area (Å²) in [5.41, 5.74) is 6.28. The van der Waals surface area contributed by atoms with Crippen LogP contribution >= 0.6 is 11.3 Å². The Hall–Kier alpha value is -1.96. The third-order valence-corrected chi connectivity index (χ3v) is 5.28. The normalized spacial score (nSPS) is 11.8. The number of sulfonamides is 1. The molecule has 3 N–H and O–H groups in total. The van der Waals surface area contributed by atoms with E-state index in [9.17, 15) is 8.42 Å². The number of nitrogens with zero attached hydrogens (tertiary/aromatic N) is 1. The van der Waals surface area contributed by atoms with Gasteiger partial charge in [0.25, 0.3) is 0 Å². The molecule has 0 atom stereocenters. The van der Waals surface area contributed by atoms with Crippen molar-refractivity contribution in [1.82, 2.24) is 9.71 Å². The summed E-state index contributed by atoms with van der Waals surface area (Å²) >= 11 is 1.51. The largest absolute Gasteiger partial charge is 0.384 e. The van der Waals surface area contributed by atoms with E-state index in [1.54, 1.807) is 24.3 Å². The zero-order valence-corrected chi connectivity index (χ0v) is 12.6. The van der Waals surface area contributed by atoms with Crippen LogP contribution < -0.4 is 10.5 Å². The van der Waals surface area contributed by atoms with Crippen molar-refractivity contribution in [2.45, 2.75) is 11.4 Å². The van der Waals surface area contributed by atoms with Crippen molar-refractivity contribution in [3.8, 4) is 0 Å². The van der Waals surface area contributed by atoms with Gasteiger partial charge in [0.15, 0.2) is 0 Å². The quantitative estimate of drug-likeness (QED) is 0.773. The Kier molecular flexibility index (Phi) is 3.62. The van der Waals surface area contributed by atoms with Gasteiger partial charge in [-0.05, 0) is 41.8 Å². The van der Waals surface area contributed by atoms with Crippen molar-refractivity contribution >= 4 is 38.1 Å². The molecule has 0 aliphatic heterocycles. The van der Waals surface area contributed by atoms with Crippen molar-refractivity contribution < 1.29 is 8.42 Å². The Labute approximate surface area is 126 Å². The lowest BCUT2D eigenvalue weighted by atomic mass is 10.2. The van der Waals surface area contributed by atoms with Crippen molar-refractivity contribution in [3.63, 3.8) is 0 Å². The van der Waals surface area contributed by atoms with Crippen molar-refractivity contribution in [1.29, 1.82) is 0 Å². The second-order valence-corrected chi connectivity index (χ2v) is 7.29. The van der Waals surface area contributed by atoms with Gasteiger partial charge < -0.3 is 5.73 Å². The summed E-state index contributed by atoms with van der Waals surface area (Å²) in [6.07, 6.45) is 0. The predicted molar refractivity (Wildman–Crippen MR) is 84.5 cm³/mol. The lowest BCUT2D eigenvalue weighted by molar-refractivity contribution is 0.582. The molecule has 3 rings (SSSR count). The first-order chi connectivity index (χ1) is 10.0. The molecule has 2 heterocycles. The highest BCUT2D eigenvalue weighted by Crippen LogP contribution is 2.19. The summed E-state index contributed by atoms with van der Waals surface area (Å²) in [6, 6.07) is 12.0. The first kappa shape index (κ1) is 14.0. The van der Waals surface area contributed by atoms with Gasteiger partial charge in [0.1, 0.15) is 5.82 Å². The maximum absolute atomic E-state index is 12.3. The van der Waals surface area contributed by atoms with E-state index in [0.29, 0.717) is 11.3 Å². The molecule has 108 valence electrons. The number of nitrogens with two attached hydrogens (primary N) is 1. The van der Waals surface area contributed by atoms with E-state index >= 15 is 0 Å². The SMILES string of the molecule is Nc1ccc2cc(S(=O)(=O)NCc3cccs3)ccc2n1. The molecule has 0 radical (unpaired) electrons. The van der Waals surface area contributed by atoms with Crippen LogP contribution in [0.4, 0.5) is 5.82 Å². The average Bonchev–Trinajstić information content (AvgIpc) is 2.98. The number of rotatable bonds is 4. The molecule has 0 aliphatic rings. The number of nitrogen functional groups attached to an aromatic ring is 1. The van der Waals surface area contributed by atoms with E-state index in [1.165, 1.54) is 17.4 Å². The third kappa shape index (κ3) is 3.05. The number of pyridine rings is 1. The fourth-order valence-corrected chi connectivity index (χ4v) is 3.73. The Morgan fingerprint density at radius 3 is 2.81 bits per heavy atom. The highest BCUT2D eigenvalue weighted by molar-refractivity contribution is 7.89. The number of benzene rings is 1. The van der Waals surface area contributed by atoms with E-state index in [1.807, 2.05) is 17.5 Å². The number of fused-ring (bicyclic) bond motifs is 1. The second-order valence-electron chi connectivity index (χ2n) is 4.49.